The zero-order valence-electron chi connectivity index (χ0n) is 23.6. The monoisotopic (exact) mass is 540 g/mol. The Morgan fingerprint density at radius 3 is 2.60 bits per heavy atom. The molecule has 2 saturated carbocycles. The van der Waals surface area contributed by atoms with Crippen LogP contribution >= 0.6 is 0 Å². The lowest BCUT2D eigenvalue weighted by Gasteiger charge is -2.57. The van der Waals surface area contributed by atoms with Crippen LogP contribution in [0.25, 0.3) is 5.57 Å². The lowest BCUT2D eigenvalue weighted by atomic mass is 9.47. The average Bonchev–Trinajstić information content (AvgIpc) is 3.33. The predicted octanol–water partition coefficient (Wildman–Crippen LogP) is 6.88. The number of rotatable bonds is 6. The molecule has 5 unspecified atom stereocenters. The van der Waals surface area contributed by atoms with E-state index in [1.165, 1.54) is 29.6 Å². The van der Waals surface area contributed by atoms with Gasteiger partial charge >= 0.3 is 6.16 Å². The molecule has 0 saturated heterocycles. The Balaban J connectivity index is 1.04. The molecule has 0 bridgehead atoms. The number of benzene rings is 1. The number of amides is 1. The maximum absolute atomic E-state index is 12.4. The summed E-state index contributed by atoms with van der Waals surface area (Å²) in [6, 6.07) is 13.9. The summed E-state index contributed by atoms with van der Waals surface area (Å²) < 4.78 is 10.8. The molecule has 0 spiro atoms. The van der Waals surface area contributed by atoms with Crippen molar-refractivity contribution in [1.29, 1.82) is 0 Å². The van der Waals surface area contributed by atoms with Gasteiger partial charge in [0.1, 0.15) is 6.10 Å². The Bertz CT molecular complexity index is 1310. The summed E-state index contributed by atoms with van der Waals surface area (Å²) in [6.45, 7) is 5.00. The molecule has 40 heavy (non-hydrogen) atoms. The number of hydrogen-bond donors (Lipinski definition) is 1. The van der Waals surface area contributed by atoms with E-state index in [1.54, 1.807) is 0 Å². The van der Waals surface area contributed by atoms with E-state index in [4.69, 9.17) is 9.47 Å². The second kappa shape index (κ2) is 10.9. The number of nitrogens with one attached hydrogen (secondary N) is 1. The zero-order chi connectivity index (χ0) is 27.7. The van der Waals surface area contributed by atoms with Crippen molar-refractivity contribution in [3.05, 3.63) is 83.7 Å². The fraction of sp³-hybridized carbons (Fsp3) is 0.500. The summed E-state index contributed by atoms with van der Waals surface area (Å²) >= 11 is 0. The van der Waals surface area contributed by atoms with Crippen molar-refractivity contribution in [3.8, 4) is 0 Å². The van der Waals surface area contributed by atoms with Crippen molar-refractivity contribution in [3.63, 3.8) is 0 Å². The second-order valence-corrected chi connectivity index (χ2v) is 12.6. The molecule has 4 aliphatic carbocycles. The topological polar surface area (TPSA) is 77.5 Å². The Hall–Kier alpha value is -3.41. The molecule has 6 nitrogen and oxygen atoms in total. The number of pyridine rings is 1. The van der Waals surface area contributed by atoms with E-state index in [0.29, 0.717) is 24.3 Å². The normalized spacial score (nSPS) is 32.5. The van der Waals surface area contributed by atoms with Gasteiger partial charge in [0.25, 0.3) is 5.91 Å². The number of allylic oxidation sites excluding steroid dienone is 3. The van der Waals surface area contributed by atoms with E-state index in [0.717, 1.165) is 37.7 Å². The van der Waals surface area contributed by atoms with Crippen LogP contribution in [0.5, 0.6) is 0 Å². The van der Waals surface area contributed by atoms with Crippen LogP contribution in [0.2, 0.25) is 0 Å². The quantitative estimate of drug-likeness (QED) is 0.319. The average molecular weight is 541 g/mol. The minimum absolute atomic E-state index is 0.155. The highest BCUT2D eigenvalue weighted by molar-refractivity contribution is 5.79. The number of nitrogens with zero attached hydrogens (tertiary/aromatic N) is 1. The highest BCUT2D eigenvalue weighted by atomic mass is 16.7. The molecule has 1 aromatic carbocycles. The predicted molar refractivity (Wildman–Crippen MR) is 154 cm³/mol. The number of aromatic nitrogens is 1. The lowest BCUT2D eigenvalue weighted by molar-refractivity contribution is -0.125. The first kappa shape index (κ1) is 26.8. The van der Waals surface area contributed by atoms with Gasteiger partial charge in [-0.3, -0.25) is 9.78 Å². The van der Waals surface area contributed by atoms with Crippen molar-refractivity contribution < 1.29 is 19.1 Å². The molecule has 6 rings (SSSR count). The summed E-state index contributed by atoms with van der Waals surface area (Å²) in [5.41, 5.74) is 5.58. The SMILES string of the molecule is CC12CC[C@H]3C(CC=C4CC(OC(=O)OCC(=O)NCc5ccccc5)CCC43C)C1CC=C2c1cccnc1. The smallest absolute Gasteiger partial charge is 0.431 e. The van der Waals surface area contributed by atoms with Crippen LogP contribution in [-0.4, -0.2) is 29.8 Å². The summed E-state index contributed by atoms with van der Waals surface area (Å²) in [5, 5.41) is 2.77. The minimum Gasteiger partial charge on any atom is -0.431 e. The van der Waals surface area contributed by atoms with Crippen molar-refractivity contribution in [2.45, 2.75) is 71.4 Å². The molecule has 1 heterocycles. The van der Waals surface area contributed by atoms with Crippen LogP contribution in [0.3, 0.4) is 0 Å². The Labute approximate surface area is 237 Å². The number of carbonyl (C=O) groups is 2. The first-order valence-corrected chi connectivity index (χ1v) is 14.8. The molecule has 0 radical (unpaired) electrons. The van der Waals surface area contributed by atoms with Gasteiger partial charge < -0.3 is 14.8 Å². The number of hydrogen-bond acceptors (Lipinski definition) is 5. The molecule has 6 heteroatoms. The lowest BCUT2D eigenvalue weighted by Crippen LogP contribution is -2.50. The fourth-order valence-corrected chi connectivity index (χ4v) is 8.41. The molecule has 1 N–H and O–H groups in total. The van der Waals surface area contributed by atoms with Gasteiger partial charge in [0.05, 0.1) is 0 Å². The first-order valence-electron chi connectivity index (χ1n) is 14.8. The van der Waals surface area contributed by atoms with E-state index in [9.17, 15) is 9.59 Å². The molecular weight excluding hydrogens is 500 g/mol. The third kappa shape index (κ3) is 4.97. The van der Waals surface area contributed by atoms with Crippen molar-refractivity contribution in [2.24, 2.45) is 28.6 Å². The van der Waals surface area contributed by atoms with Gasteiger partial charge in [-0.25, -0.2) is 4.79 Å². The van der Waals surface area contributed by atoms with E-state index in [2.05, 4.69) is 42.4 Å². The van der Waals surface area contributed by atoms with Gasteiger partial charge in [-0.05, 0) is 89.9 Å². The number of ether oxygens (including phenoxy) is 2. The van der Waals surface area contributed by atoms with Crippen molar-refractivity contribution in [2.75, 3.05) is 6.61 Å². The van der Waals surface area contributed by atoms with Crippen molar-refractivity contribution in [1.82, 2.24) is 10.3 Å². The highest BCUT2D eigenvalue weighted by Crippen LogP contribution is 2.66. The summed E-state index contributed by atoms with van der Waals surface area (Å²) in [5.74, 6) is 1.66. The molecule has 210 valence electrons. The first-order chi connectivity index (χ1) is 19.4. The molecule has 0 aliphatic heterocycles. The van der Waals surface area contributed by atoms with E-state index in [-0.39, 0.29) is 29.4 Å². The largest absolute Gasteiger partial charge is 0.509 e. The van der Waals surface area contributed by atoms with Crippen molar-refractivity contribution >= 4 is 17.6 Å². The molecule has 4 aliphatic rings. The molecular formula is C34H40N2O4. The Morgan fingerprint density at radius 1 is 0.975 bits per heavy atom. The minimum atomic E-state index is -0.758. The molecule has 2 fully saturated rings. The van der Waals surface area contributed by atoms with Gasteiger partial charge in [0, 0.05) is 25.4 Å². The van der Waals surface area contributed by atoms with Gasteiger partial charge in [-0.1, -0.05) is 68.0 Å². The number of fused-ring (bicyclic) bond motifs is 5. The maximum Gasteiger partial charge on any atom is 0.509 e. The van der Waals surface area contributed by atoms with E-state index >= 15 is 0 Å². The standard InChI is InChI=1S/C34H40N2O4/c1-33-16-14-26(40-32(38)39-22-31(37)36-20-23-7-4-3-5-8-23)19-25(33)10-11-27-29-13-12-28(24-9-6-18-35-21-24)34(29,2)17-15-30(27)33/h3-10,12,18,21,26-27,29-30H,11,13-17,19-20,22H2,1-2H3,(H,36,37)/t26?,27?,29?,30-,33?,34?/m0/s1. The van der Waals surface area contributed by atoms with Crippen LogP contribution in [0.1, 0.15) is 69.9 Å². The Kier molecular flexibility index (Phi) is 7.28. The third-order valence-corrected chi connectivity index (χ3v) is 10.5. The summed E-state index contributed by atoms with van der Waals surface area (Å²) in [6.07, 6.45) is 15.2. The van der Waals surface area contributed by atoms with E-state index in [1.807, 2.05) is 48.8 Å². The van der Waals surface area contributed by atoms with Gasteiger partial charge in [-0.2, -0.15) is 0 Å². The van der Waals surface area contributed by atoms with Crippen LogP contribution < -0.4 is 5.32 Å². The summed E-state index contributed by atoms with van der Waals surface area (Å²) in [4.78, 5) is 28.9. The molecule has 2 aromatic rings. The molecule has 6 atom stereocenters. The molecule has 1 aromatic heterocycles. The summed E-state index contributed by atoms with van der Waals surface area (Å²) in [7, 11) is 0. The highest BCUT2D eigenvalue weighted by Gasteiger charge is 2.57. The van der Waals surface area contributed by atoms with Crippen LogP contribution in [-0.2, 0) is 20.8 Å². The molecule has 1 amide bonds. The van der Waals surface area contributed by atoms with Gasteiger partial charge in [-0.15, -0.1) is 0 Å². The van der Waals surface area contributed by atoms with Crippen LogP contribution in [0, 0.1) is 28.6 Å². The van der Waals surface area contributed by atoms with Crippen LogP contribution in [0.4, 0.5) is 4.79 Å². The second-order valence-electron chi connectivity index (χ2n) is 12.6. The van der Waals surface area contributed by atoms with Crippen LogP contribution in [0.15, 0.2) is 72.6 Å². The fourth-order valence-electron chi connectivity index (χ4n) is 8.41. The Morgan fingerprint density at radius 2 is 1.80 bits per heavy atom. The maximum atomic E-state index is 12.4. The third-order valence-electron chi connectivity index (χ3n) is 10.5. The van der Waals surface area contributed by atoms with E-state index < -0.39 is 6.16 Å². The number of carbonyl (C=O) groups excluding carboxylic acids is 2. The van der Waals surface area contributed by atoms with Gasteiger partial charge in [0.2, 0.25) is 0 Å². The zero-order valence-corrected chi connectivity index (χ0v) is 23.6. The van der Waals surface area contributed by atoms with Gasteiger partial charge in [0.15, 0.2) is 6.61 Å².